The Hall–Kier alpha value is -1.96. The molecule has 0 rings (SSSR count). The zero-order chi connectivity index (χ0) is 14.0. The van der Waals surface area contributed by atoms with Gasteiger partial charge in [-0.2, -0.15) is 0 Å². The van der Waals surface area contributed by atoms with Gasteiger partial charge in [0, 0.05) is 0 Å². The number of carbonyl (C=O) groups is 4. The molecule has 0 saturated heterocycles. The summed E-state index contributed by atoms with van der Waals surface area (Å²) >= 11 is 0. The second-order valence-corrected chi connectivity index (χ2v) is 3.45. The van der Waals surface area contributed by atoms with Gasteiger partial charge in [0.2, 0.25) is 11.8 Å². The normalized spacial score (nSPS) is 9.44. The highest BCUT2D eigenvalue weighted by Crippen LogP contribution is 1.85. The van der Waals surface area contributed by atoms with E-state index in [1.165, 1.54) is 6.92 Å². The second-order valence-electron chi connectivity index (χ2n) is 3.45. The molecule has 0 heterocycles. The van der Waals surface area contributed by atoms with Gasteiger partial charge < -0.3 is 15.4 Å². The molecule has 0 saturated carbocycles. The number of ether oxygens (including phenoxy) is 1. The number of rotatable bonds is 8. The van der Waals surface area contributed by atoms with Crippen LogP contribution in [0, 0.1) is 0 Å². The first-order valence-electron chi connectivity index (χ1n) is 5.28. The highest BCUT2D eigenvalue weighted by Gasteiger charge is 2.10. The maximum atomic E-state index is 11.2. The summed E-state index contributed by atoms with van der Waals surface area (Å²) in [6.07, 6.45) is -0.662. The van der Waals surface area contributed by atoms with Gasteiger partial charge in [-0.3, -0.25) is 24.5 Å². The van der Waals surface area contributed by atoms with Crippen molar-refractivity contribution in [3.8, 4) is 0 Å². The van der Waals surface area contributed by atoms with Crippen molar-refractivity contribution in [2.75, 3.05) is 20.4 Å². The van der Waals surface area contributed by atoms with E-state index in [1.807, 2.05) is 0 Å². The molecule has 102 valence electrons. The molecule has 0 unspecified atom stereocenters. The molecule has 8 nitrogen and oxygen atoms in total. The van der Waals surface area contributed by atoms with Crippen molar-refractivity contribution in [3.05, 3.63) is 0 Å². The Balaban J connectivity index is 3.67. The van der Waals surface area contributed by atoms with Crippen LogP contribution in [0.25, 0.3) is 0 Å². The Morgan fingerprint density at radius 1 is 1.00 bits per heavy atom. The van der Waals surface area contributed by atoms with Crippen LogP contribution in [0.15, 0.2) is 0 Å². The second kappa shape index (κ2) is 9.11. The SMILES string of the molecule is CNCOC(=O)CC(=O)NCNC(=O)CC(C)=O. The Labute approximate surface area is 104 Å². The lowest BCUT2D eigenvalue weighted by atomic mass is 10.3. The van der Waals surface area contributed by atoms with Crippen LogP contribution < -0.4 is 16.0 Å². The molecule has 0 spiro atoms. The Kier molecular flexibility index (Phi) is 8.12. The molecule has 0 radical (unpaired) electrons. The Morgan fingerprint density at radius 3 is 2.06 bits per heavy atom. The van der Waals surface area contributed by atoms with E-state index in [0.717, 1.165) is 0 Å². The zero-order valence-corrected chi connectivity index (χ0v) is 10.4. The quantitative estimate of drug-likeness (QED) is 0.271. The van der Waals surface area contributed by atoms with Gasteiger partial charge in [-0.25, -0.2) is 0 Å². The van der Waals surface area contributed by atoms with Gasteiger partial charge in [0.15, 0.2) is 0 Å². The standard InChI is InChI=1S/C10H17N3O5/c1-7(14)3-8(15)12-5-13-9(16)4-10(17)18-6-11-2/h11H,3-6H2,1-2H3,(H,12,15)(H,13,16). The third-order valence-electron chi connectivity index (χ3n) is 1.66. The monoisotopic (exact) mass is 259 g/mol. The van der Waals surface area contributed by atoms with Gasteiger partial charge in [-0.1, -0.05) is 0 Å². The summed E-state index contributed by atoms with van der Waals surface area (Å²) in [4.78, 5) is 43.8. The largest absolute Gasteiger partial charge is 0.449 e. The number of carbonyl (C=O) groups excluding carboxylic acids is 4. The molecule has 18 heavy (non-hydrogen) atoms. The molecule has 2 amide bonds. The number of Topliss-reactive ketones (excluding diaryl/α,β-unsaturated/α-hetero) is 1. The van der Waals surface area contributed by atoms with Crippen molar-refractivity contribution < 1.29 is 23.9 Å². The number of hydrogen-bond acceptors (Lipinski definition) is 6. The molecule has 8 heteroatoms. The summed E-state index contributed by atoms with van der Waals surface area (Å²) in [5.41, 5.74) is 0. The smallest absolute Gasteiger partial charge is 0.316 e. The first-order chi connectivity index (χ1) is 8.45. The van der Waals surface area contributed by atoms with Crippen LogP contribution >= 0.6 is 0 Å². The molecule has 0 aromatic rings. The van der Waals surface area contributed by atoms with E-state index in [9.17, 15) is 19.2 Å². The summed E-state index contributed by atoms with van der Waals surface area (Å²) in [7, 11) is 1.60. The zero-order valence-electron chi connectivity index (χ0n) is 10.4. The van der Waals surface area contributed by atoms with Crippen LogP contribution in [0.2, 0.25) is 0 Å². The fourth-order valence-electron chi connectivity index (χ4n) is 0.927. The maximum absolute atomic E-state index is 11.2. The maximum Gasteiger partial charge on any atom is 0.316 e. The fourth-order valence-corrected chi connectivity index (χ4v) is 0.927. The van der Waals surface area contributed by atoms with Crippen molar-refractivity contribution >= 4 is 23.6 Å². The van der Waals surface area contributed by atoms with Gasteiger partial charge in [-0.15, -0.1) is 0 Å². The van der Waals surface area contributed by atoms with Gasteiger partial charge in [0.1, 0.15) is 18.9 Å². The van der Waals surface area contributed by atoms with Crippen molar-refractivity contribution in [3.63, 3.8) is 0 Å². The molecule has 0 aliphatic carbocycles. The predicted octanol–water partition coefficient (Wildman–Crippen LogP) is -1.73. The van der Waals surface area contributed by atoms with Crippen molar-refractivity contribution in [2.24, 2.45) is 0 Å². The molecule has 3 N–H and O–H groups in total. The first-order valence-corrected chi connectivity index (χ1v) is 5.28. The lowest BCUT2D eigenvalue weighted by Crippen LogP contribution is -2.38. The summed E-state index contributed by atoms with van der Waals surface area (Å²) in [5.74, 6) is -1.99. The van der Waals surface area contributed by atoms with Gasteiger partial charge in [-0.05, 0) is 14.0 Å². The van der Waals surface area contributed by atoms with Crippen LogP contribution in [-0.2, 0) is 23.9 Å². The first kappa shape index (κ1) is 16.0. The van der Waals surface area contributed by atoms with E-state index in [4.69, 9.17) is 0 Å². The summed E-state index contributed by atoms with van der Waals surface area (Å²) < 4.78 is 4.60. The van der Waals surface area contributed by atoms with Gasteiger partial charge in [0.05, 0.1) is 13.1 Å². The van der Waals surface area contributed by atoms with E-state index in [2.05, 4.69) is 20.7 Å². The van der Waals surface area contributed by atoms with E-state index in [0.29, 0.717) is 0 Å². The average molecular weight is 259 g/mol. The summed E-state index contributed by atoms with van der Waals surface area (Å²) in [6, 6.07) is 0. The molecule has 0 atom stereocenters. The van der Waals surface area contributed by atoms with E-state index < -0.39 is 24.2 Å². The number of hydrogen-bond donors (Lipinski definition) is 3. The topological polar surface area (TPSA) is 114 Å². The number of ketones is 1. The summed E-state index contributed by atoms with van der Waals surface area (Å²) in [6.45, 7) is 1.18. The molecular formula is C10H17N3O5. The van der Waals surface area contributed by atoms with Gasteiger partial charge in [0.25, 0.3) is 0 Å². The average Bonchev–Trinajstić information content (AvgIpc) is 2.25. The molecule has 0 aromatic carbocycles. The molecule has 0 bridgehead atoms. The van der Waals surface area contributed by atoms with E-state index in [1.54, 1.807) is 7.05 Å². The highest BCUT2D eigenvalue weighted by molar-refractivity contribution is 5.97. The van der Waals surface area contributed by atoms with Crippen LogP contribution in [0.4, 0.5) is 0 Å². The number of esters is 1. The van der Waals surface area contributed by atoms with Crippen LogP contribution in [-0.4, -0.2) is 44.0 Å². The molecule has 0 aromatic heterocycles. The molecule has 0 aliphatic heterocycles. The molecule has 0 fully saturated rings. The minimum absolute atomic E-state index is 0.0292. The van der Waals surface area contributed by atoms with Crippen LogP contribution in [0.5, 0.6) is 0 Å². The summed E-state index contributed by atoms with van der Waals surface area (Å²) in [5, 5.41) is 7.18. The van der Waals surface area contributed by atoms with E-state index >= 15 is 0 Å². The predicted molar refractivity (Wildman–Crippen MR) is 61.1 cm³/mol. The number of nitrogens with one attached hydrogen (secondary N) is 3. The third-order valence-corrected chi connectivity index (χ3v) is 1.66. The van der Waals surface area contributed by atoms with Gasteiger partial charge >= 0.3 is 5.97 Å². The lowest BCUT2D eigenvalue weighted by Gasteiger charge is -2.06. The Morgan fingerprint density at radius 2 is 1.56 bits per heavy atom. The van der Waals surface area contributed by atoms with Crippen LogP contribution in [0.1, 0.15) is 19.8 Å². The van der Waals surface area contributed by atoms with E-state index in [-0.39, 0.29) is 25.6 Å². The van der Waals surface area contributed by atoms with Crippen molar-refractivity contribution in [1.29, 1.82) is 0 Å². The van der Waals surface area contributed by atoms with Crippen molar-refractivity contribution in [1.82, 2.24) is 16.0 Å². The number of amides is 2. The minimum atomic E-state index is -0.670. The highest BCUT2D eigenvalue weighted by atomic mass is 16.5. The van der Waals surface area contributed by atoms with Crippen molar-refractivity contribution in [2.45, 2.75) is 19.8 Å². The minimum Gasteiger partial charge on any atom is -0.449 e. The fraction of sp³-hybridized carbons (Fsp3) is 0.600. The Bertz CT molecular complexity index is 329. The lowest BCUT2D eigenvalue weighted by molar-refractivity contribution is -0.147. The third kappa shape index (κ3) is 9.28. The van der Waals surface area contributed by atoms with Crippen LogP contribution in [0.3, 0.4) is 0 Å². The molecular weight excluding hydrogens is 242 g/mol. The molecule has 0 aliphatic rings.